The highest BCUT2D eigenvalue weighted by Gasteiger charge is 2.30. The van der Waals surface area contributed by atoms with Crippen LogP contribution < -0.4 is 0 Å². The molecule has 1 N–H and O–H groups in total. The van der Waals surface area contributed by atoms with Gasteiger partial charge in [-0.05, 0) is 32.3 Å². The number of rotatable bonds is 2. The Morgan fingerprint density at radius 3 is 2.85 bits per heavy atom. The lowest BCUT2D eigenvalue weighted by atomic mass is 9.93. The van der Waals surface area contributed by atoms with Crippen LogP contribution in [0.5, 0.6) is 0 Å². The third-order valence-electron chi connectivity index (χ3n) is 3.40. The number of hydrogen-bond acceptors (Lipinski definition) is 4. The molecule has 6 nitrogen and oxygen atoms in total. The first-order valence-electron chi connectivity index (χ1n) is 6.35. The van der Waals surface area contributed by atoms with Gasteiger partial charge in [-0.2, -0.15) is 5.10 Å². The van der Waals surface area contributed by atoms with E-state index < -0.39 is 5.97 Å². The second-order valence-electron chi connectivity index (χ2n) is 5.03. The number of carbonyl (C=O) groups is 1. The molecule has 0 spiro atoms. The van der Waals surface area contributed by atoms with E-state index in [1.807, 2.05) is 20.0 Å². The van der Waals surface area contributed by atoms with E-state index in [9.17, 15) is 9.90 Å². The minimum atomic E-state index is -0.979. The van der Waals surface area contributed by atoms with E-state index in [0.717, 1.165) is 28.9 Å². The van der Waals surface area contributed by atoms with E-state index >= 15 is 0 Å². The van der Waals surface area contributed by atoms with Gasteiger partial charge in [0.15, 0.2) is 9.53 Å². The summed E-state index contributed by atoms with van der Waals surface area (Å²) in [4.78, 5) is 20.1. The van der Waals surface area contributed by atoms with Crippen LogP contribution in [0.25, 0.3) is 11.4 Å². The largest absolute Gasteiger partial charge is 0.476 e. The standard InChI is InChI=1S/C13H13IN4O2/c1-6(2)18-11-8(10(17-18)12(19)20)4-3-7-5-15-13(14)16-9(7)11/h5-6H,3-4H2,1-2H3,(H,19,20). The summed E-state index contributed by atoms with van der Waals surface area (Å²) >= 11 is 2.07. The molecular weight excluding hydrogens is 371 g/mol. The van der Waals surface area contributed by atoms with Gasteiger partial charge in [-0.25, -0.2) is 14.8 Å². The molecule has 0 aliphatic heterocycles. The number of carboxylic acids is 1. The van der Waals surface area contributed by atoms with Gasteiger partial charge in [0.25, 0.3) is 0 Å². The van der Waals surface area contributed by atoms with Gasteiger partial charge in [-0.3, -0.25) is 4.68 Å². The van der Waals surface area contributed by atoms with Gasteiger partial charge in [0.2, 0.25) is 0 Å². The van der Waals surface area contributed by atoms with Gasteiger partial charge in [0.1, 0.15) is 0 Å². The molecular formula is C13H13IN4O2. The van der Waals surface area contributed by atoms with Crippen LogP contribution >= 0.6 is 22.6 Å². The van der Waals surface area contributed by atoms with Gasteiger partial charge >= 0.3 is 5.97 Å². The van der Waals surface area contributed by atoms with Crippen molar-refractivity contribution in [3.05, 3.63) is 26.8 Å². The lowest BCUT2D eigenvalue weighted by Crippen LogP contribution is -2.12. The Balaban J connectivity index is 2.32. The molecule has 0 amide bonds. The number of halogens is 1. The summed E-state index contributed by atoms with van der Waals surface area (Å²) in [6.45, 7) is 3.97. The van der Waals surface area contributed by atoms with Crippen LogP contribution in [0.3, 0.4) is 0 Å². The fraction of sp³-hybridized carbons (Fsp3) is 0.385. The van der Waals surface area contributed by atoms with Gasteiger partial charge in [0.05, 0.1) is 11.4 Å². The quantitative estimate of drug-likeness (QED) is 0.635. The van der Waals surface area contributed by atoms with E-state index in [2.05, 4.69) is 37.7 Å². The molecule has 0 saturated carbocycles. The second kappa shape index (κ2) is 4.80. The Labute approximate surface area is 129 Å². The number of fused-ring (bicyclic) bond motifs is 3. The maximum atomic E-state index is 11.4. The Hall–Kier alpha value is -1.51. The van der Waals surface area contributed by atoms with E-state index in [4.69, 9.17) is 0 Å². The normalized spacial score (nSPS) is 13.2. The van der Waals surface area contributed by atoms with Crippen LogP contribution in [0.1, 0.15) is 41.5 Å². The summed E-state index contributed by atoms with van der Waals surface area (Å²) in [7, 11) is 0. The number of carboxylic acid groups (broad SMARTS) is 1. The molecule has 2 heterocycles. The number of aromatic nitrogens is 4. The highest BCUT2D eigenvalue weighted by Crippen LogP contribution is 2.35. The molecule has 0 unspecified atom stereocenters. The zero-order valence-electron chi connectivity index (χ0n) is 11.1. The number of aromatic carboxylic acids is 1. The smallest absolute Gasteiger partial charge is 0.356 e. The van der Waals surface area contributed by atoms with Gasteiger partial charge in [-0.1, -0.05) is 0 Å². The number of nitrogens with zero attached hydrogens (tertiary/aromatic N) is 4. The molecule has 3 rings (SSSR count). The van der Waals surface area contributed by atoms with Gasteiger partial charge < -0.3 is 5.11 Å². The summed E-state index contributed by atoms with van der Waals surface area (Å²) in [6.07, 6.45) is 3.25. The summed E-state index contributed by atoms with van der Waals surface area (Å²) in [5, 5.41) is 13.6. The summed E-state index contributed by atoms with van der Waals surface area (Å²) in [6, 6.07) is 0.0791. The maximum absolute atomic E-state index is 11.4. The number of hydrogen-bond donors (Lipinski definition) is 1. The molecule has 0 fully saturated rings. The van der Waals surface area contributed by atoms with Gasteiger partial charge in [0, 0.05) is 40.4 Å². The topological polar surface area (TPSA) is 80.9 Å². The molecule has 0 aromatic carbocycles. The molecule has 0 atom stereocenters. The first-order valence-corrected chi connectivity index (χ1v) is 7.43. The van der Waals surface area contributed by atoms with E-state index in [-0.39, 0.29) is 11.7 Å². The lowest BCUT2D eigenvalue weighted by molar-refractivity contribution is 0.0688. The number of aryl methyl sites for hydroxylation is 1. The van der Waals surface area contributed by atoms with Crippen molar-refractivity contribution in [3.63, 3.8) is 0 Å². The van der Waals surface area contributed by atoms with Crippen LogP contribution in [0, 0.1) is 3.83 Å². The third kappa shape index (κ3) is 2.00. The molecule has 7 heteroatoms. The predicted octanol–water partition coefficient (Wildman–Crippen LogP) is 2.32. The summed E-state index contributed by atoms with van der Waals surface area (Å²) in [5.74, 6) is -0.979. The highest BCUT2D eigenvalue weighted by atomic mass is 127. The fourth-order valence-electron chi connectivity index (χ4n) is 2.54. The first-order chi connectivity index (χ1) is 9.49. The maximum Gasteiger partial charge on any atom is 0.356 e. The minimum absolute atomic E-state index is 0.0791. The highest BCUT2D eigenvalue weighted by molar-refractivity contribution is 14.1. The average molecular weight is 384 g/mol. The Kier molecular flexibility index (Phi) is 3.23. The van der Waals surface area contributed by atoms with Crippen molar-refractivity contribution in [1.29, 1.82) is 0 Å². The Morgan fingerprint density at radius 2 is 2.20 bits per heavy atom. The van der Waals surface area contributed by atoms with Crippen LogP contribution in [-0.4, -0.2) is 30.8 Å². The van der Waals surface area contributed by atoms with Crippen molar-refractivity contribution in [1.82, 2.24) is 19.7 Å². The molecule has 0 radical (unpaired) electrons. The molecule has 1 aliphatic rings. The van der Waals surface area contributed by atoms with Crippen molar-refractivity contribution >= 4 is 28.6 Å². The van der Waals surface area contributed by atoms with Crippen molar-refractivity contribution in [2.45, 2.75) is 32.7 Å². The minimum Gasteiger partial charge on any atom is -0.476 e. The van der Waals surface area contributed by atoms with Crippen molar-refractivity contribution < 1.29 is 9.90 Å². The van der Waals surface area contributed by atoms with Crippen molar-refractivity contribution in [2.75, 3.05) is 0 Å². The molecule has 104 valence electrons. The summed E-state index contributed by atoms with van der Waals surface area (Å²) < 4.78 is 2.42. The molecule has 2 aromatic rings. The first kappa shape index (κ1) is 13.5. The van der Waals surface area contributed by atoms with Gasteiger partial charge in [-0.15, -0.1) is 0 Å². The third-order valence-corrected chi connectivity index (χ3v) is 3.92. The van der Waals surface area contributed by atoms with Crippen LogP contribution in [0.2, 0.25) is 0 Å². The average Bonchev–Trinajstić information content (AvgIpc) is 2.78. The predicted molar refractivity (Wildman–Crippen MR) is 80.7 cm³/mol. The summed E-state index contributed by atoms with van der Waals surface area (Å²) in [5.41, 5.74) is 3.64. The van der Waals surface area contributed by atoms with E-state index in [1.165, 1.54) is 0 Å². The Bertz CT molecular complexity index is 709. The molecule has 0 saturated heterocycles. The molecule has 1 aliphatic carbocycles. The van der Waals surface area contributed by atoms with E-state index in [1.54, 1.807) is 4.68 Å². The Morgan fingerprint density at radius 1 is 1.45 bits per heavy atom. The molecule has 0 bridgehead atoms. The SMILES string of the molecule is CC(C)n1nc(C(=O)O)c2c1-c1nc(I)ncc1CC2. The van der Waals surface area contributed by atoms with Crippen LogP contribution in [0.15, 0.2) is 6.20 Å². The van der Waals surface area contributed by atoms with Crippen LogP contribution in [0.4, 0.5) is 0 Å². The second-order valence-corrected chi connectivity index (χ2v) is 6.00. The molecule has 2 aromatic heterocycles. The van der Waals surface area contributed by atoms with Crippen molar-refractivity contribution in [3.8, 4) is 11.4 Å². The van der Waals surface area contributed by atoms with E-state index in [0.29, 0.717) is 10.3 Å². The molecule has 20 heavy (non-hydrogen) atoms. The van der Waals surface area contributed by atoms with Crippen molar-refractivity contribution in [2.24, 2.45) is 0 Å². The monoisotopic (exact) mass is 384 g/mol. The zero-order valence-corrected chi connectivity index (χ0v) is 13.2. The van der Waals surface area contributed by atoms with Crippen LogP contribution in [-0.2, 0) is 12.8 Å². The lowest BCUT2D eigenvalue weighted by Gasteiger charge is -2.18. The fourth-order valence-corrected chi connectivity index (χ4v) is 2.92. The zero-order chi connectivity index (χ0) is 14.4.